The summed E-state index contributed by atoms with van der Waals surface area (Å²) in [6.07, 6.45) is 1.39. The first-order chi connectivity index (χ1) is 13.4. The molecule has 0 saturated carbocycles. The standard InChI is InChI=1S/C19H23N7O2/c1-13-10-16(25(2)3)24-19(23-13)21-9-8-20-17(27)11-26-12-22-15-7-5-4-6-14(15)18(26)28/h4-7,10,12H,8-9,11H2,1-3H3,(H,20,27)(H,21,23,24). The predicted molar refractivity (Wildman–Crippen MR) is 109 cm³/mol. The van der Waals surface area contributed by atoms with Crippen molar-refractivity contribution in [3.63, 3.8) is 0 Å². The average molecular weight is 381 g/mol. The molecule has 0 atom stereocenters. The summed E-state index contributed by atoms with van der Waals surface area (Å²) in [4.78, 5) is 39.4. The molecule has 1 amide bonds. The maximum Gasteiger partial charge on any atom is 0.261 e. The van der Waals surface area contributed by atoms with Crippen LogP contribution >= 0.6 is 0 Å². The summed E-state index contributed by atoms with van der Waals surface area (Å²) in [5.74, 6) is 1.05. The largest absolute Gasteiger partial charge is 0.363 e. The van der Waals surface area contributed by atoms with Gasteiger partial charge in [-0.15, -0.1) is 0 Å². The zero-order chi connectivity index (χ0) is 20.1. The Hall–Kier alpha value is -3.49. The van der Waals surface area contributed by atoms with Crippen LogP contribution in [0.4, 0.5) is 11.8 Å². The highest BCUT2D eigenvalue weighted by Crippen LogP contribution is 2.11. The number of rotatable bonds is 7. The molecule has 2 aromatic heterocycles. The fraction of sp³-hybridized carbons (Fsp3) is 0.316. The van der Waals surface area contributed by atoms with Crippen LogP contribution < -0.4 is 21.1 Å². The number of carbonyl (C=O) groups is 1. The fourth-order valence-corrected chi connectivity index (χ4v) is 2.67. The summed E-state index contributed by atoms with van der Waals surface area (Å²) >= 11 is 0. The minimum Gasteiger partial charge on any atom is -0.363 e. The van der Waals surface area contributed by atoms with Crippen LogP contribution in [0.2, 0.25) is 0 Å². The van der Waals surface area contributed by atoms with Crippen LogP contribution in [0.25, 0.3) is 10.9 Å². The SMILES string of the molecule is Cc1cc(N(C)C)nc(NCCNC(=O)Cn2cnc3ccccc3c2=O)n1. The molecule has 9 nitrogen and oxygen atoms in total. The molecule has 0 unspecified atom stereocenters. The maximum atomic E-state index is 12.4. The number of aromatic nitrogens is 4. The highest BCUT2D eigenvalue weighted by atomic mass is 16.2. The van der Waals surface area contributed by atoms with E-state index in [1.807, 2.05) is 38.1 Å². The minimum atomic E-state index is -0.264. The smallest absolute Gasteiger partial charge is 0.261 e. The van der Waals surface area contributed by atoms with Gasteiger partial charge in [-0.3, -0.25) is 14.2 Å². The summed E-state index contributed by atoms with van der Waals surface area (Å²) in [7, 11) is 3.82. The van der Waals surface area contributed by atoms with Gasteiger partial charge in [0, 0.05) is 38.9 Å². The summed E-state index contributed by atoms with van der Waals surface area (Å²) < 4.78 is 1.30. The number of carbonyl (C=O) groups excluding carboxylic acids is 1. The molecule has 3 aromatic rings. The van der Waals surface area contributed by atoms with E-state index in [1.54, 1.807) is 18.2 Å². The molecule has 0 fully saturated rings. The molecule has 1 aromatic carbocycles. The van der Waals surface area contributed by atoms with Crippen molar-refractivity contribution in [1.82, 2.24) is 24.8 Å². The number of amides is 1. The number of nitrogens with one attached hydrogen (secondary N) is 2. The minimum absolute atomic E-state index is 0.0810. The second-order valence-electron chi connectivity index (χ2n) is 6.56. The number of aryl methyl sites for hydroxylation is 1. The molecule has 3 rings (SSSR count). The van der Waals surface area contributed by atoms with Crippen molar-refractivity contribution in [2.24, 2.45) is 0 Å². The van der Waals surface area contributed by atoms with Crippen molar-refractivity contribution >= 4 is 28.6 Å². The van der Waals surface area contributed by atoms with Crippen LogP contribution in [-0.2, 0) is 11.3 Å². The van der Waals surface area contributed by atoms with Gasteiger partial charge >= 0.3 is 0 Å². The van der Waals surface area contributed by atoms with E-state index in [2.05, 4.69) is 25.6 Å². The Morgan fingerprint density at radius 1 is 1.18 bits per heavy atom. The summed E-state index contributed by atoms with van der Waals surface area (Å²) in [6, 6.07) is 8.95. The van der Waals surface area contributed by atoms with E-state index >= 15 is 0 Å². The number of nitrogens with zero attached hydrogens (tertiary/aromatic N) is 5. The van der Waals surface area contributed by atoms with Gasteiger partial charge in [0.25, 0.3) is 5.56 Å². The van der Waals surface area contributed by atoms with Crippen molar-refractivity contribution in [3.8, 4) is 0 Å². The van der Waals surface area contributed by atoms with E-state index in [0.717, 1.165) is 11.5 Å². The Kier molecular flexibility index (Phi) is 5.83. The van der Waals surface area contributed by atoms with Gasteiger partial charge in [-0.2, -0.15) is 4.98 Å². The first kappa shape index (κ1) is 19.3. The molecule has 2 N–H and O–H groups in total. The summed E-state index contributed by atoms with van der Waals surface area (Å²) in [6.45, 7) is 2.66. The number of benzene rings is 1. The molecular weight excluding hydrogens is 358 g/mol. The van der Waals surface area contributed by atoms with Gasteiger partial charge < -0.3 is 15.5 Å². The van der Waals surface area contributed by atoms with Gasteiger partial charge in [-0.05, 0) is 19.1 Å². The first-order valence-electron chi connectivity index (χ1n) is 8.92. The first-order valence-corrected chi connectivity index (χ1v) is 8.92. The molecule has 0 aliphatic carbocycles. The van der Waals surface area contributed by atoms with Crippen LogP contribution in [0.3, 0.4) is 0 Å². The van der Waals surface area contributed by atoms with E-state index < -0.39 is 0 Å². The van der Waals surface area contributed by atoms with Gasteiger partial charge in [0.1, 0.15) is 12.4 Å². The monoisotopic (exact) mass is 381 g/mol. The average Bonchev–Trinajstić information content (AvgIpc) is 2.67. The zero-order valence-electron chi connectivity index (χ0n) is 16.1. The molecule has 0 aliphatic rings. The number of para-hydroxylation sites is 1. The van der Waals surface area contributed by atoms with E-state index in [-0.39, 0.29) is 18.0 Å². The van der Waals surface area contributed by atoms with Crippen LogP contribution in [0, 0.1) is 6.92 Å². The summed E-state index contributed by atoms with van der Waals surface area (Å²) in [5.41, 5.74) is 1.24. The third-order valence-corrected chi connectivity index (χ3v) is 4.07. The molecular formula is C19H23N7O2. The van der Waals surface area contributed by atoms with Crippen LogP contribution in [0.5, 0.6) is 0 Å². The Morgan fingerprint density at radius 2 is 1.96 bits per heavy atom. The topological polar surface area (TPSA) is 105 Å². The number of hydrogen-bond donors (Lipinski definition) is 2. The normalized spacial score (nSPS) is 10.7. The highest BCUT2D eigenvalue weighted by molar-refractivity contribution is 5.78. The third kappa shape index (κ3) is 4.61. The molecule has 0 spiro atoms. The summed E-state index contributed by atoms with van der Waals surface area (Å²) in [5, 5.41) is 6.36. The molecule has 28 heavy (non-hydrogen) atoms. The number of fused-ring (bicyclic) bond motifs is 1. The van der Waals surface area contributed by atoms with E-state index in [1.165, 1.54) is 10.9 Å². The number of anilines is 2. The Bertz CT molecular complexity index is 1050. The third-order valence-electron chi connectivity index (χ3n) is 4.07. The van der Waals surface area contributed by atoms with Gasteiger partial charge in [-0.1, -0.05) is 12.1 Å². The van der Waals surface area contributed by atoms with E-state index in [4.69, 9.17) is 0 Å². The highest BCUT2D eigenvalue weighted by Gasteiger charge is 2.08. The van der Waals surface area contributed by atoms with Gasteiger partial charge in [-0.25, -0.2) is 9.97 Å². The van der Waals surface area contributed by atoms with Gasteiger partial charge in [0.15, 0.2) is 0 Å². The second kappa shape index (κ2) is 8.47. The van der Waals surface area contributed by atoms with Crippen LogP contribution in [0.15, 0.2) is 41.5 Å². The van der Waals surface area contributed by atoms with Crippen LogP contribution in [-0.4, -0.2) is 52.6 Å². The lowest BCUT2D eigenvalue weighted by Gasteiger charge is -2.14. The lowest BCUT2D eigenvalue weighted by atomic mass is 10.2. The quantitative estimate of drug-likeness (QED) is 0.583. The Balaban J connectivity index is 1.53. The molecule has 9 heteroatoms. The fourth-order valence-electron chi connectivity index (χ4n) is 2.67. The Morgan fingerprint density at radius 3 is 2.75 bits per heavy atom. The maximum absolute atomic E-state index is 12.4. The molecule has 0 radical (unpaired) electrons. The van der Waals surface area contributed by atoms with E-state index in [0.29, 0.717) is 29.9 Å². The van der Waals surface area contributed by atoms with Crippen molar-refractivity contribution in [2.45, 2.75) is 13.5 Å². The zero-order valence-corrected chi connectivity index (χ0v) is 16.1. The van der Waals surface area contributed by atoms with Crippen molar-refractivity contribution in [3.05, 3.63) is 52.7 Å². The van der Waals surface area contributed by atoms with Crippen molar-refractivity contribution < 1.29 is 4.79 Å². The number of hydrogen-bond acceptors (Lipinski definition) is 7. The molecule has 0 bridgehead atoms. The molecule has 0 saturated heterocycles. The molecule has 0 aliphatic heterocycles. The molecule has 2 heterocycles. The lowest BCUT2D eigenvalue weighted by molar-refractivity contribution is -0.121. The second-order valence-corrected chi connectivity index (χ2v) is 6.56. The lowest BCUT2D eigenvalue weighted by Crippen LogP contribution is -2.35. The predicted octanol–water partition coefficient (Wildman–Crippen LogP) is 0.789. The van der Waals surface area contributed by atoms with Crippen LogP contribution in [0.1, 0.15) is 5.69 Å². The van der Waals surface area contributed by atoms with Gasteiger partial charge in [0.2, 0.25) is 11.9 Å². The van der Waals surface area contributed by atoms with Crippen molar-refractivity contribution in [1.29, 1.82) is 0 Å². The van der Waals surface area contributed by atoms with E-state index in [9.17, 15) is 9.59 Å². The molecule has 146 valence electrons. The Labute approximate surface area is 162 Å². The van der Waals surface area contributed by atoms with Crippen molar-refractivity contribution in [2.75, 3.05) is 37.4 Å². The van der Waals surface area contributed by atoms with Gasteiger partial charge in [0.05, 0.1) is 17.2 Å².